The minimum Gasteiger partial charge on any atom is -0.476 e. The third kappa shape index (κ3) is 3.88. The van der Waals surface area contributed by atoms with E-state index in [9.17, 15) is 14.7 Å². The van der Waals surface area contributed by atoms with Crippen molar-refractivity contribution >= 4 is 34.2 Å². The van der Waals surface area contributed by atoms with E-state index in [1.54, 1.807) is 31.2 Å². The van der Waals surface area contributed by atoms with E-state index >= 15 is 0 Å². The number of hydrogen-bond acceptors (Lipinski definition) is 6. The molecule has 0 saturated heterocycles. The van der Waals surface area contributed by atoms with Crippen LogP contribution in [0.15, 0.2) is 45.6 Å². The second-order valence-electron chi connectivity index (χ2n) is 7.40. The molecule has 8 heteroatoms. The molecule has 4 aromatic rings. The SMILES string of the molecule is Cc1cc([C@@H](C)Nc2ccc(Cl)nc2C(=O)O)c2oc(-c3ccc#cn3)c(C)c(=O)c2c1. The Morgan fingerprint density at radius 2 is 2.03 bits per heavy atom. The van der Waals surface area contributed by atoms with Crippen molar-refractivity contribution < 1.29 is 14.3 Å². The van der Waals surface area contributed by atoms with Gasteiger partial charge in [-0.05, 0) is 62.7 Å². The third-order valence-corrected chi connectivity index (χ3v) is 5.30. The Balaban J connectivity index is 1.88. The molecule has 2 N–H and O–H groups in total. The maximum absolute atomic E-state index is 13.2. The molecule has 4 rings (SSSR count). The summed E-state index contributed by atoms with van der Waals surface area (Å²) >= 11 is 5.86. The monoisotopic (exact) mass is 447 g/mol. The van der Waals surface area contributed by atoms with Crippen molar-refractivity contribution in [3.05, 3.63) is 86.4 Å². The van der Waals surface area contributed by atoms with Crippen molar-refractivity contribution in [2.75, 3.05) is 5.32 Å². The molecule has 0 radical (unpaired) electrons. The Kier molecular flexibility index (Phi) is 5.56. The number of aryl methyl sites for hydroxylation is 1. The smallest absolute Gasteiger partial charge is 0.356 e. The van der Waals surface area contributed by atoms with Crippen LogP contribution in [0.5, 0.6) is 0 Å². The lowest BCUT2D eigenvalue weighted by atomic mass is 9.99. The largest absolute Gasteiger partial charge is 0.476 e. The Bertz CT molecular complexity index is 1400. The van der Waals surface area contributed by atoms with Crippen LogP contribution < -0.4 is 10.7 Å². The lowest BCUT2D eigenvalue weighted by molar-refractivity contribution is 0.0691. The molecule has 0 amide bonds. The first-order valence-electron chi connectivity index (χ1n) is 9.75. The zero-order valence-corrected chi connectivity index (χ0v) is 18.2. The number of aromatic nitrogens is 2. The number of halogens is 1. The average Bonchev–Trinajstić information content (AvgIpc) is 2.77. The predicted molar refractivity (Wildman–Crippen MR) is 121 cm³/mol. The minimum atomic E-state index is -1.20. The van der Waals surface area contributed by atoms with E-state index in [4.69, 9.17) is 16.0 Å². The lowest BCUT2D eigenvalue weighted by Crippen LogP contribution is -2.14. The Morgan fingerprint density at radius 3 is 2.72 bits per heavy atom. The van der Waals surface area contributed by atoms with Crippen molar-refractivity contribution in [1.82, 2.24) is 9.97 Å². The summed E-state index contributed by atoms with van der Waals surface area (Å²) in [5, 5.41) is 13.2. The minimum absolute atomic E-state index is 0.0807. The van der Waals surface area contributed by atoms with Crippen molar-refractivity contribution in [2.45, 2.75) is 26.8 Å². The van der Waals surface area contributed by atoms with E-state index in [1.807, 2.05) is 19.9 Å². The molecule has 0 bridgehead atoms. The molecular formula is C24H18ClN3O4. The number of nitrogens with one attached hydrogen (secondary N) is 1. The Hall–Kier alpha value is -3.89. The number of pyridine rings is 1. The van der Waals surface area contributed by atoms with Gasteiger partial charge < -0.3 is 14.8 Å². The number of nitrogens with zero attached hydrogens (tertiary/aromatic N) is 2. The van der Waals surface area contributed by atoms with Gasteiger partial charge in [0.2, 0.25) is 0 Å². The molecule has 160 valence electrons. The number of hydrogen-bond donors (Lipinski definition) is 2. The molecule has 0 aliphatic heterocycles. The molecule has 7 nitrogen and oxygen atoms in total. The molecule has 3 heterocycles. The van der Waals surface area contributed by atoms with Gasteiger partial charge in [0.05, 0.1) is 17.1 Å². The van der Waals surface area contributed by atoms with Gasteiger partial charge in [-0.25, -0.2) is 9.78 Å². The summed E-state index contributed by atoms with van der Waals surface area (Å²) in [6.07, 6.45) is 2.63. The third-order valence-electron chi connectivity index (χ3n) is 5.09. The van der Waals surface area contributed by atoms with Crippen LogP contribution in [-0.4, -0.2) is 21.0 Å². The summed E-state index contributed by atoms with van der Waals surface area (Å²) < 4.78 is 6.21. The van der Waals surface area contributed by atoms with Crippen LogP contribution in [0.4, 0.5) is 5.69 Å². The fraction of sp³-hybridized carbons (Fsp3) is 0.167. The summed E-state index contributed by atoms with van der Waals surface area (Å²) in [5.74, 6) is -0.853. The Labute approximate surface area is 188 Å². The van der Waals surface area contributed by atoms with Gasteiger partial charge >= 0.3 is 5.97 Å². The molecule has 0 aliphatic carbocycles. The molecular weight excluding hydrogens is 430 g/mol. The van der Waals surface area contributed by atoms with Crippen LogP contribution in [0.25, 0.3) is 22.4 Å². The first-order chi connectivity index (χ1) is 15.3. The molecule has 0 unspecified atom stereocenters. The van der Waals surface area contributed by atoms with Gasteiger partial charge in [-0.1, -0.05) is 17.7 Å². The molecule has 0 spiro atoms. The predicted octanol–water partition coefficient (Wildman–Crippen LogP) is 4.99. The van der Waals surface area contributed by atoms with Crippen LogP contribution in [0, 0.1) is 26.1 Å². The van der Waals surface area contributed by atoms with E-state index in [-0.39, 0.29) is 16.3 Å². The number of rotatable bonds is 5. The van der Waals surface area contributed by atoms with E-state index in [0.29, 0.717) is 39.2 Å². The number of carboxylic acids is 1. The second kappa shape index (κ2) is 8.33. The highest BCUT2D eigenvalue weighted by Crippen LogP contribution is 2.32. The van der Waals surface area contributed by atoms with E-state index in [2.05, 4.69) is 27.5 Å². The number of fused-ring (bicyclic) bond motifs is 1. The first kappa shape index (κ1) is 21.3. The van der Waals surface area contributed by atoms with Crippen LogP contribution in [-0.2, 0) is 0 Å². The summed E-state index contributed by atoms with van der Waals surface area (Å²) in [6.45, 7) is 5.42. The topological polar surface area (TPSA) is 105 Å². The number of aromatic carboxylic acids is 1. The van der Waals surface area contributed by atoms with Gasteiger partial charge in [-0.15, -0.1) is 0 Å². The highest BCUT2D eigenvalue weighted by atomic mass is 35.5. The summed E-state index contributed by atoms with van der Waals surface area (Å²) in [7, 11) is 0. The number of benzene rings is 1. The van der Waals surface area contributed by atoms with Gasteiger partial charge in [-0.3, -0.25) is 4.79 Å². The average molecular weight is 448 g/mol. The zero-order chi connectivity index (χ0) is 23.0. The van der Waals surface area contributed by atoms with Crippen LogP contribution in [0.1, 0.15) is 40.1 Å². The van der Waals surface area contributed by atoms with E-state index in [1.165, 1.54) is 6.07 Å². The van der Waals surface area contributed by atoms with Gasteiger partial charge in [0.1, 0.15) is 16.4 Å². The van der Waals surface area contributed by atoms with Crippen molar-refractivity contribution in [1.29, 1.82) is 0 Å². The van der Waals surface area contributed by atoms with Crippen LogP contribution in [0.2, 0.25) is 5.15 Å². The van der Waals surface area contributed by atoms with Gasteiger partial charge in [0, 0.05) is 17.3 Å². The summed E-state index contributed by atoms with van der Waals surface area (Å²) in [4.78, 5) is 32.8. The van der Waals surface area contributed by atoms with Gasteiger partial charge in [0.25, 0.3) is 0 Å². The standard InChI is InChI=1S/C24H18ClN3O4/c1-12-10-15(14(3)27-17-7-8-19(25)28-20(17)24(30)31)23-16(11-12)21(29)13(2)22(32-23)18-6-4-5-9-26-18/h4,6-8,10-11,14,27H,1-3H3,(H,30,31)/t14-/m1/s1. The van der Waals surface area contributed by atoms with Crippen molar-refractivity contribution in [3.8, 4) is 11.5 Å². The van der Waals surface area contributed by atoms with Gasteiger partial charge in [0.15, 0.2) is 16.9 Å². The molecule has 32 heavy (non-hydrogen) atoms. The highest BCUT2D eigenvalue weighted by Gasteiger charge is 2.21. The molecule has 0 fully saturated rings. The summed E-state index contributed by atoms with van der Waals surface area (Å²) in [5.41, 5.74) is 2.82. The fourth-order valence-corrected chi connectivity index (χ4v) is 3.72. The van der Waals surface area contributed by atoms with Crippen LogP contribution in [0.3, 0.4) is 0 Å². The molecule has 3 aromatic heterocycles. The second-order valence-corrected chi connectivity index (χ2v) is 7.79. The lowest BCUT2D eigenvalue weighted by Gasteiger charge is -2.19. The van der Waals surface area contributed by atoms with E-state index < -0.39 is 12.0 Å². The van der Waals surface area contributed by atoms with Crippen LogP contribution >= 0.6 is 11.6 Å². The molecule has 1 atom stereocenters. The molecule has 1 aromatic carbocycles. The fourth-order valence-electron chi connectivity index (χ4n) is 3.57. The van der Waals surface area contributed by atoms with Crippen molar-refractivity contribution in [2.24, 2.45) is 0 Å². The zero-order valence-electron chi connectivity index (χ0n) is 17.5. The summed E-state index contributed by atoms with van der Waals surface area (Å²) in [6, 6.07) is 12.4. The molecule has 0 saturated carbocycles. The maximum atomic E-state index is 13.2. The number of carboxylic acid groups (broad SMARTS) is 1. The number of anilines is 1. The Morgan fingerprint density at radius 1 is 1.25 bits per heavy atom. The maximum Gasteiger partial charge on any atom is 0.356 e. The normalized spacial score (nSPS) is 11.8. The quantitative estimate of drug-likeness (QED) is 0.415. The number of carbonyl (C=O) groups is 1. The highest BCUT2D eigenvalue weighted by molar-refractivity contribution is 6.29. The van der Waals surface area contributed by atoms with E-state index in [0.717, 1.165) is 5.56 Å². The molecule has 0 aliphatic rings. The van der Waals surface area contributed by atoms with Gasteiger partial charge in [-0.2, -0.15) is 4.98 Å². The first-order valence-corrected chi connectivity index (χ1v) is 10.1. The van der Waals surface area contributed by atoms with Crippen molar-refractivity contribution in [3.63, 3.8) is 0 Å².